The highest BCUT2D eigenvalue weighted by Gasteiger charge is 2.20. The van der Waals surface area contributed by atoms with E-state index in [1.165, 1.54) is 6.92 Å². The average molecular weight is 276 g/mol. The van der Waals surface area contributed by atoms with Crippen LogP contribution in [0.5, 0.6) is 0 Å². The third-order valence-corrected chi connectivity index (χ3v) is 4.33. The van der Waals surface area contributed by atoms with E-state index in [9.17, 15) is 4.79 Å². The van der Waals surface area contributed by atoms with Crippen LogP contribution in [0.4, 0.5) is 0 Å². The molecule has 0 fully saturated rings. The highest BCUT2D eigenvalue weighted by atomic mass is 32.2. The number of nitrogens with zero attached hydrogens (tertiary/aromatic N) is 2. The van der Waals surface area contributed by atoms with Crippen molar-refractivity contribution < 1.29 is 9.53 Å². The van der Waals surface area contributed by atoms with Crippen LogP contribution in [0.25, 0.3) is 11.0 Å². The molecule has 0 saturated carbocycles. The summed E-state index contributed by atoms with van der Waals surface area (Å²) in [5, 5.41) is 0. The maximum atomic E-state index is 11.2. The lowest BCUT2D eigenvalue weighted by Crippen LogP contribution is -2.27. The van der Waals surface area contributed by atoms with Crippen LogP contribution in [0, 0.1) is 0 Å². The molecule has 1 atom stereocenters. The minimum atomic E-state index is -0.211. The highest BCUT2D eigenvalue weighted by Crippen LogP contribution is 2.22. The zero-order valence-electron chi connectivity index (χ0n) is 10.8. The molecule has 0 spiro atoms. The Balaban J connectivity index is 1.99. The van der Waals surface area contributed by atoms with Crippen LogP contribution >= 0.6 is 11.8 Å². The van der Waals surface area contributed by atoms with Crippen LogP contribution in [-0.2, 0) is 22.5 Å². The fourth-order valence-corrected chi connectivity index (χ4v) is 3.39. The Morgan fingerprint density at radius 2 is 2.32 bits per heavy atom. The molecule has 0 saturated heterocycles. The van der Waals surface area contributed by atoms with E-state index in [0.29, 0.717) is 6.54 Å². The van der Waals surface area contributed by atoms with Gasteiger partial charge in [-0.2, -0.15) is 11.8 Å². The summed E-state index contributed by atoms with van der Waals surface area (Å²) in [4.78, 5) is 15.8. The minimum Gasteiger partial charge on any atom is -0.460 e. The number of esters is 1. The molecule has 0 aliphatic carbocycles. The third kappa shape index (κ3) is 2.61. The summed E-state index contributed by atoms with van der Waals surface area (Å²) >= 11 is 1.82. The van der Waals surface area contributed by atoms with Gasteiger partial charge in [0, 0.05) is 24.9 Å². The smallest absolute Gasteiger partial charge is 0.302 e. The fraction of sp³-hybridized carbons (Fsp3) is 0.429. The lowest BCUT2D eigenvalue weighted by atomic mass is 10.3. The number of rotatable bonds is 1. The number of para-hydroxylation sites is 2. The Kier molecular flexibility index (Phi) is 3.46. The number of aryl methyl sites for hydroxylation is 1. The van der Waals surface area contributed by atoms with E-state index in [4.69, 9.17) is 4.74 Å². The molecule has 1 aromatic carbocycles. The Hall–Kier alpha value is -1.49. The van der Waals surface area contributed by atoms with Crippen LogP contribution < -0.4 is 0 Å². The molecule has 19 heavy (non-hydrogen) atoms. The lowest BCUT2D eigenvalue weighted by molar-refractivity contribution is -0.145. The highest BCUT2D eigenvalue weighted by molar-refractivity contribution is 7.99. The maximum Gasteiger partial charge on any atom is 0.302 e. The number of hydrogen-bond acceptors (Lipinski definition) is 4. The van der Waals surface area contributed by atoms with E-state index in [1.54, 1.807) is 0 Å². The van der Waals surface area contributed by atoms with Crippen molar-refractivity contribution in [2.24, 2.45) is 0 Å². The Bertz CT molecular complexity index is 609. The van der Waals surface area contributed by atoms with Crippen molar-refractivity contribution in [3.63, 3.8) is 0 Å². The van der Waals surface area contributed by atoms with Gasteiger partial charge in [-0.1, -0.05) is 12.1 Å². The molecule has 2 aromatic rings. The van der Waals surface area contributed by atoms with Gasteiger partial charge in [-0.3, -0.25) is 4.79 Å². The number of imidazole rings is 1. The number of carbonyl (C=O) groups excluding carboxylic acids is 1. The molecule has 0 N–H and O–H groups in total. The number of ether oxygens (including phenoxy) is 1. The molecule has 0 amide bonds. The summed E-state index contributed by atoms with van der Waals surface area (Å²) in [6.45, 7) is 2.17. The molecule has 0 radical (unpaired) electrons. The van der Waals surface area contributed by atoms with Gasteiger partial charge in [0.05, 0.1) is 17.6 Å². The molecular formula is C14H16N2O2S. The first-order chi connectivity index (χ1) is 9.24. The first-order valence-electron chi connectivity index (χ1n) is 6.43. The number of aromatic nitrogens is 2. The molecule has 1 aliphatic rings. The van der Waals surface area contributed by atoms with Gasteiger partial charge in [0.2, 0.25) is 0 Å². The van der Waals surface area contributed by atoms with Crippen molar-refractivity contribution in [3.05, 3.63) is 30.1 Å². The van der Waals surface area contributed by atoms with Gasteiger partial charge >= 0.3 is 5.97 Å². The monoisotopic (exact) mass is 276 g/mol. The normalized spacial score (nSPS) is 19.5. The summed E-state index contributed by atoms with van der Waals surface area (Å²) in [7, 11) is 0. The number of benzene rings is 1. The first-order valence-corrected chi connectivity index (χ1v) is 7.58. The van der Waals surface area contributed by atoms with Crippen molar-refractivity contribution in [2.45, 2.75) is 26.0 Å². The average Bonchev–Trinajstić information content (AvgIpc) is 2.69. The Labute approximate surface area is 116 Å². The Morgan fingerprint density at radius 3 is 3.16 bits per heavy atom. The molecule has 0 bridgehead atoms. The zero-order chi connectivity index (χ0) is 13.2. The molecule has 1 aromatic heterocycles. The Morgan fingerprint density at radius 1 is 1.47 bits per heavy atom. The molecule has 3 rings (SSSR count). The maximum absolute atomic E-state index is 11.2. The van der Waals surface area contributed by atoms with Crippen molar-refractivity contribution >= 4 is 28.8 Å². The van der Waals surface area contributed by atoms with E-state index in [-0.39, 0.29) is 12.1 Å². The quantitative estimate of drug-likeness (QED) is 0.749. The van der Waals surface area contributed by atoms with Gasteiger partial charge in [-0.05, 0) is 12.1 Å². The van der Waals surface area contributed by atoms with Gasteiger partial charge in [0.15, 0.2) is 0 Å². The molecule has 4 nitrogen and oxygen atoms in total. The van der Waals surface area contributed by atoms with Crippen LogP contribution in [0.15, 0.2) is 24.3 Å². The second-order valence-electron chi connectivity index (χ2n) is 4.68. The van der Waals surface area contributed by atoms with E-state index >= 15 is 0 Å². The van der Waals surface area contributed by atoms with E-state index in [2.05, 4.69) is 15.6 Å². The first kappa shape index (κ1) is 12.5. The largest absolute Gasteiger partial charge is 0.460 e. The van der Waals surface area contributed by atoms with Crippen LogP contribution in [-0.4, -0.2) is 33.1 Å². The van der Waals surface area contributed by atoms with E-state index in [0.717, 1.165) is 34.8 Å². The minimum absolute atomic E-state index is 0.0702. The van der Waals surface area contributed by atoms with Crippen LogP contribution in [0.2, 0.25) is 0 Å². The van der Waals surface area contributed by atoms with Crippen molar-refractivity contribution in [2.75, 3.05) is 11.5 Å². The van der Waals surface area contributed by atoms with Gasteiger partial charge in [-0.15, -0.1) is 0 Å². The number of hydrogen-bond donors (Lipinski definition) is 0. The summed E-state index contributed by atoms with van der Waals surface area (Å²) in [5.41, 5.74) is 2.15. The zero-order valence-corrected chi connectivity index (χ0v) is 11.7. The fourth-order valence-electron chi connectivity index (χ4n) is 2.46. The third-order valence-electron chi connectivity index (χ3n) is 3.23. The van der Waals surface area contributed by atoms with Crippen LogP contribution in [0.3, 0.4) is 0 Å². The molecule has 1 unspecified atom stereocenters. The standard InChI is InChI=1S/C14H16N2O2S/c1-10(17)18-11-8-16-13-5-3-2-4-12(13)15-14(16)6-7-19-9-11/h2-5,11H,6-9H2,1H3. The second kappa shape index (κ2) is 5.25. The van der Waals surface area contributed by atoms with E-state index in [1.807, 2.05) is 30.0 Å². The van der Waals surface area contributed by atoms with Gasteiger partial charge in [0.1, 0.15) is 11.9 Å². The van der Waals surface area contributed by atoms with Crippen LogP contribution in [0.1, 0.15) is 12.7 Å². The predicted octanol–water partition coefficient (Wildman–Crippen LogP) is 2.26. The van der Waals surface area contributed by atoms with Gasteiger partial charge < -0.3 is 9.30 Å². The predicted molar refractivity (Wildman–Crippen MR) is 76.3 cm³/mol. The van der Waals surface area contributed by atoms with Gasteiger partial charge in [0.25, 0.3) is 0 Å². The van der Waals surface area contributed by atoms with Crippen molar-refractivity contribution in [1.29, 1.82) is 0 Å². The molecular weight excluding hydrogens is 260 g/mol. The molecule has 5 heteroatoms. The molecule has 1 aliphatic heterocycles. The summed E-state index contributed by atoms with van der Waals surface area (Å²) < 4.78 is 7.59. The lowest BCUT2D eigenvalue weighted by Gasteiger charge is -2.21. The summed E-state index contributed by atoms with van der Waals surface area (Å²) in [5.74, 6) is 2.75. The number of fused-ring (bicyclic) bond motifs is 3. The summed E-state index contributed by atoms with van der Waals surface area (Å²) in [6, 6.07) is 8.12. The number of carbonyl (C=O) groups is 1. The topological polar surface area (TPSA) is 44.1 Å². The molecule has 2 heterocycles. The number of thioether (sulfide) groups is 1. The van der Waals surface area contributed by atoms with Crippen molar-refractivity contribution in [1.82, 2.24) is 9.55 Å². The second-order valence-corrected chi connectivity index (χ2v) is 5.83. The summed E-state index contributed by atoms with van der Waals surface area (Å²) in [6.07, 6.45) is 0.894. The van der Waals surface area contributed by atoms with Gasteiger partial charge in [-0.25, -0.2) is 4.98 Å². The SMILES string of the molecule is CC(=O)OC1CSCCc2nc3ccccc3n2C1. The van der Waals surface area contributed by atoms with Crippen molar-refractivity contribution in [3.8, 4) is 0 Å². The van der Waals surface area contributed by atoms with E-state index < -0.39 is 0 Å². The molecule has 100 valence electrons.